The van der Waals surface area contributed by atoms with Gasteiger partial charge in [0.1, 0.15) is 0 Å². The average Bonchev–Trinajstić information content (AvgIpc) is 2.09. The normalized spacial score (nSPS) is 47.0. The molecule has 0 radical (unpaired) electrons. The molecule has 1 heterocycles. The fourth-order valence-corrected chi connectivity index (χ4v) is 1.66. The molecule has 1 saturated carbocycles. The van der Waals surface area contributed by atoms with Crippen molar-refractivity contribution in [2.45, 2.75) is 12.5 Å². The Kier molecular flexibility index (Phi) is 1.99. The van der Waals surface area contributed by atoms with Crippen molar-refractivity contribution in [3.05, 3.63) is 0 Å². The zero-order valence-corrected chi connectivity index (χ0v) is 6.06. The second-order valence-corrected chi connectivity index (χ2v) is 2.86. The van der Waals surface area contributed by atoms with Crippen LogP contribution in [0.1, 0.15) is 6.42 Å². The Hall–Kier alpha value is 0.210. The van der Waals surface area contributed by atoms with E-state index >= 15 is 0 Å². The van der Waals surface area contributed by atoms with Crippen LogP contribution in [0.15, 0.2) is 0 Å². The summed E-state index contributed by atoms with van der Waals surface area (Å²) in [4.78, 5) is 0. The van der Waals surface area contributed by atoms with Gasteiger partial charge < -0.3 is 10.5 Å². The van der Waals surface area contributed by atoms with Crippen LogP contribution >= 0.6 is 12.4 Å². The lowest BCUT2D eigenvalue weighted by Gasteiger charge is -2.35. The van der Waals surface area contributed by atoms with Crippen LogP contribution in [0.5, 0.6) is 0 Å². The zero-order valence-electron chi connectivity index (χ0n) is 5.25. The highest BCUT2D eigenvalue weighted by Crippen LogP contribution is 2.37. The van der Waals surface area contributed by atoms with E-state index in [0.29, 0.717) is 6.04 Å². The Morgan fingerprint density at radius 2 is 2.11 bits per heavy atom. The van der Waals surface area contributed by atoms with Gasteiger partial charge in [-0.05, 0) is 12.3 Å². The molecule has 9 heavy (non-hydrogen) atoms. The minimum Gasteiger partial charge on any atom is -0.381 e. The summed E-state index contributed by atoms with van der Waals surface area (Å²) < 4.78 is 5.22. The molecule has 1 saturated heterocycles. The quantitative estimate of drug-likeness (QED) is 0.541. The molecule has 3 atom stereocenters. The highest BCUT2D eigenvalue weighted by atomic mass is 35.5. The number of rotatable bonds is 0. The van der Waals surface area contributed by atoms with Crippen molar-refractivity contribution in [2.24, 2.45) is 17.6 Å². The van der Waals surface area contributed by atoms with Gasteiger partial charge in [0.05, 0.1) is 6.61 Å². The van der Waals surface area contributed by atoms with Crippen LogP contribution in [0.2, 0.25) is 0 Å². The van der Waals surface area contributed by atoms with E-state index in [0.717, 1.165) is 25.0 Å². The number of fused-ring (bicyclic) bond motifs is 1. The minimum absolute atomic E-state index is 0. The Labute approximate surface area is 61.2 Å². The largest absolute Gasteiger partial charge is 0.381 e. The Morgan fingerprint density at radius 3 is 2.56 bits per heavy atom. The molecule has 54 valence electrons. The van der Waals surface area contributed by atoms with Gasteiger partial charge in [0.15, 0.2) is 0 Å². The zero-order chi connectivity index (χ0) is 5.56. The van der Waals surface area contributed by atoms with Crippen LogP contribution in [-0.4, -0.2) is 19.3 Å². The molecular formula is C6H12ClNO. The van der Waals surface area contributed by atoms with Crippen LogP contribution in [0, 0.1) is 11.8 Å². The van der Waals surface area contributed by atoms with Crippen molar-refractivity contribution in [1.29, 1.82) is 0 Å². The summed E-state index contributed by atoms with van der Waals surface area (Å²) in [6, 6.07) is 0.461. The first-order valence-corrected chi connectivity index (χ1v) is 3.21. The van der Waals surface area contributed by atoms with Gasteiger partial charge in [-0.1, -0.05) is 0 Å². The summed E-state index contributed by atoms with van der Waals surface area (Å²) in [6.07, 6.45) is 1.20. The molecule has 3 heteroatoms. The molecule has 1 aliphatic heterocycles. The van der Waals surface area contributed by atoms with Crippen molar-refractivity contribution in [1.82, 2.24) is 0 Å². The second-order valence-electron chi connectivity index (χ2n) is 2.86. The first-order valence-electron chi connectivity index (χ1n) is 3.21. The summed E-state index contributed by atoms with van der Waals surface area (Å²) in [6.45, 7) is 1.89. The molecule has 0 aromatic rings. The molecule has 0 bridgehead atoms. The van der Waals surface area contributed by atoms with Crippen LogP contribution in [-0.2, 0) is 4.74 Å². The van der Waals surface area contributed by atoms with Gasteiger partial charge in [0, 0.05) is 18.6 Å². The van der Waals surface area contributed by atoms with Crippen molar-refractivity contribution in [3.8, 4) is 0 Å². The fourth-order valence-electron chi connectivity index (χ4n) is 1.66. The summed E-state index contributed by atoms with van der Waals surface area (Å²) in [5.41, 5.74) is 5.68. The molecular weight excluding hydrogens is 138 g/mol. The number of hydrogen-bond acceptors (Lipinski definition) is 2. The molecule has 1 aliphatic carbocycles. The first kappa shape index (κ1) is 7.32. The third-order valence-corrected chi connectivity index (χ3v) is 2.37. The predicted molar refractivity (Wildman–Crippen MR) is 37.6 cm³/mol. The molecule has 2 aliphatic rings. The molecule has 0 aromatic carbocycles. The van der Waals surface area contributed by atoms with Crippen LogP contribution in [0.3, 0.4) is 0 Å². The molecule has 2 nitrogen and oxygen atoms in total. The molecule has 2 fully saturated rings. The fraction of sp³-hybridized carbons (Fsp3) is 1.00. The van der Waals surface area contributed by atoms with E-state index in [4.69, 9.17) is 10.5 Å². The highest BCUT2D eigenvalue weighted by Gasteiger charge is 2.42. The van der Waals surface area contributed by atoms with E-state index in [1.165, 1.54) is 6.42 Å². The van der Waals surface area contributed by atoms with Crippen LogP contribution in [0.25, 0.3) is 0 Å². The summed E-state index contributed by atoms with van der Waals surface area (Å²) >= 11 is 0. The van der Waals surface area contributed by atoms with Crippen molar-refractivity contribution >= 4 is 12.4 Å². The van der Waals surface area contributed by atoms with E-state index in [1.807, 2.05) is 0 Å². The highest BCUT2D eigenvalue weighted by molar-refractivity contribution is 5.85. The molecule has 0 spiro atoms. The number of ether oxygens (including phenoxy) is 1. The summed E-state index contributed by atoms with van der Waals surface area (Å²) in [5.74, 6) is 1.54. The van der Waals surface area contributed by atoms with Crippen molar-refractivity contribution in [2.75, 3.05) is 13.2 Å². The van der Waals surface area contributed by atoms with E-state index in [9.17, 15) is 0 Å². The summed E-state index contributed by atoms with van der Waals surface area (Å²) in [5, 5.41) is 0. The van der Waals surface area contributed by atoms with Gasteiger partial charge in [-0.25, -0.2) is 0 Å². The average molecular weight is 150 g/mol. The molecule has 0 aromatic heterocycles. The van der Waals surface area contributed by atoms with Gasteiger partial charge in [0.25, 0.3) is 0 Å². The lowest BCUT2D eigenvalue weighted by molar-refractivity contribution is 0.185. The maximum atomic E-state index is 5.68. The van der Waals surface area contributed by atoms with Crippen LogP contribution in [0.4, 0.5) is 0 Å². The predicted octanol–water partition coefficient (Wildman–Crippen LogP) is 0.402. The monoisotopic (exact) mass is 149 g/mol. The van der Waals surface area contributed by atoms with E-state index in [1.54, 1.807) is 0 Å². The Morgan fingerprint density at radius 1 is 1.33 bits per heavy atom. The van der Waals surface area contributed by atoms with Gasteiger partial charge in [0.2, 0.25) is 0 Å². The van der Waals surface area contributed by atoms with E-state index in [2.05, 4.69) is 0 Å². The molecule has 2 rings (SSSR count). The molecule has 0 amide bonds. The van der Waals surface area contributed by atoms with Crippen molar-refractivity contribution < 1.29 is 4.74 Å². The third-order valence-electron chi connectivity index (χ3n) is 2.37. The second kappa shape index (κ2) is 2.45. The van der Waals surface area contributed by atoms with Gasteiger partial charge in [-0.2, -0.15) is 0 Å². The van der Waals surface area contributed by atoms with E-state index < -0.39 is 0 Å². The van der Waals surface area contributed by atoms with Crippen molar-refractivity contribution in [3.63, 3.8) is 0 Å². The van der Waals surface area contributed by atoms with Gasteiger partial charge >= 0.3 is 0 Å². The smallest absolute Gasteiger partial charge is 0.0512 e. The topological polar surface area (TPSA) is 35.2 Å². The molecule has 0 unspecified atom stereocenters. The number of nitrogens with two attached hydrogens (primary N) is 1. The van der Waals surface area contributed by atoms with Crippen LogP contribution < -0.4 is 5.73 Å². The molecule has 2 N–H and O–H groups in total. The van der Waals surface area contributed by atoms with Gasteiger partial charge in [-0.15, -0.1) is 12.4 Å². The lowest BCUT2D eigenvalue weighted by atomic mass is 9.72. The third kappa shape index (κ3) is 0.955. The lowest BCUT2D eigenvalue weighted by Crippen LogP contribution is -2.46. The SMILES string of the molecule is Cl.N[C@@H]1C[C@@H]2COC[C@H]21. The summed E-state index contributed by atoms with van der Waals surface area (Å²) in [7, 11) is 0. The number of halogens is 1. The first-order chi connectivity index (χ1) is 3.88. The Balaban J connectivity index is 0.000000405. The maximum absolute atomic E-state index is 5.68. The van der Waals surface area contributed by atoms with E-state index in [-0.39, 0.29) is 12.4 Å². The minimum atomic E-state index is 0. The maximum Gasteiger partial charge on any atom is 0.0512 e. The standard InChI is InChI=1S/C6H11NO.ClH/c7-6-1-4-2-8-3-5(4)6;/h4-6H,1-3,7H2;1H/t4-,5-,6-;/m1./s1. The number of hydrogen-bond donors (Lipinski definition) is 1. The Bertz CT molecular complexity index is 109. The van der Waals surface area contributed by atoms with Gasteiger partial charge in [-0.3, -0.25) is 0 Å².